The number of carbonyl (C=O) groups is 2. The number of fused-ring (bicyclic) bond motifs is 2. The van der Waals surface area contributed by atoms with Crippen LogP contribution in [-0.2, 0) is 11.2 Å². The first-order valence-electron chi connectivity index (χ1n) is 12.2. The highest BCUT2D eigenvalue weighted by Gasteiger charge is 2.42. The van der Waals surface area contributed by atoms with Crippen LogP contribution in [0.3, 0.4) is 0 Å². The molecule has 2 aliphatic carbocycles. The minimum Gasteiger partial charge on any atom is -0.353 e. The zero-order valence-corrected chi connectivity index (χ0v) is 21.1. The number of aromatic nitrogens is 2. The first-order valence-corrected chi connectivity index (χ1v) is 14.0. The molecule has 2 bridgehead atoms. The van der Waals surface area contributed by atoms with Crippen LogP contribution in [-0.4, -0.2) is 33.8 Å². The predicted octanol–water partition coefficient (Wildman–Crippen LogP) is 5.56. The maximum atomic E-state index is 12.9. The minimum absolute atomic E-state index is 0.0336. The zero-order chi connectivity index (χ0) is 23.2. The number of nitrogens with zero attached hydrogens (tertiary/aromatic N) is 2. The Morgan fingerprint density at radius 1 is 1.18 bits per heavy atom. The molecule has 4 atom stereocenters. The Morgan fingerprint density at radius 2 is 2.03 bits per heavy atom. The number of hydrogen-bond acceptors (Lipinski definition) is 6. The molecule has 1 heterocycles. The van der Waals surface area contributed by atoms with Crippen molar-refractivity contribution in [1.29, 1.82) is 0 Å². The van der Waals surface area contributed by atoms with Gasteiger partial charge < -0.3 is 5.32 Å². The molecule has 4 rings (SSSR count). The summed E-state index contributed by atoms with van der Waals surface area (Å²) < 4.78 is 0. The number of carbonyl (C=O) groups excluding carboxylic acids is 2. The van der Waals surface area contributed by atoms with Gasteiger partial charge in [-0.25, -0.2) is 0 Å². The smallest absolute Gasteiger partial charge is 0.258 e. The van der Waals surface area contributed by atoms with Gasteiger partial charge in [0, 0.05) is 17.4 Å². The van der Waals surface area contributed by atoms with Crippen molar-refractivity contribution in [3.63, 3.8) is 0 Å². The molecule has 0 spiro atoms. The summed E-state index contributed by atoms with van der Waals surface area (Å²) in [5, 5.41) is 15.9. The monoisotopic (exact) mass is 486 g/mol. The van der Waals surface area contributed by atoms with E-state index in [4.69, 9.17) is 0 Å². The fraction of sp³-hybridized carbons (Fsp3) is 0.600. The van der Waals surface area contributed by atoms with Crippen LogP contribution in [0, 0.1) is 17.8 Å². The topological polar surface area (TPSA) is 84.0 Å². The van der Waals surface area contributed by atoms with E-state index in [1.165, 1.54) is 55.2 Å². The second-order valence-electron chi connectivity index (χ2n) is 9.39. The average molecular weight is 487 g/mol. The number of amides is 2. The zero-order valence-electron chi connectivity index (χ0n) is 19.5. The van der Waals surface area contributed by atoms with Gasteiger partial charge in [-0.15, -0.1) is 22.0 Å². The third kappa shape index (κ3) is 6.35. The van der Waals surface area contributed by atoms with Crippen molar-refractivity contribution in [3.05, 3.63) is 34.8 Å². The Labute approximate surface area is 204 Å². The van der Waals surface area contributed by atoms with Crippen molar-refractivity contribution < 1.29 is 9.59 Å². The van der Waals surface area contributed by atoms with E-state index in [1.54, 1.807) is 6.07 Å². The van der Waals surface area contributed by atoms with E-state index >= 15 is 0 Å². The van der Waals surface area contributed by atoms with Crippen LogP contribution >= 0.6 is 23.1 Å². The molecule has 2 aliphatic rings. The minimum atomic E-state index is -0.217. The summed E-state index contributed by atoms with van der Waals surface area (Å²) in [6.07, 6.45) is 9.60. The number of thioether (sulfide) groups is 1. The summed E-state index contributed by atoms with van der Waals surface area (Å²) in [6.45, 7) is 4.32. The molecule has 178 valence electrons. The molecule has 2 saturated carbocycles. The molecule has 4 unspecified atom stereocenters. The van der Waals surface area contributed by atoms with Crippen LogP contribution in [0.1, 0.15) is 74.2 Å². The fourth-order valence-electron chi connectivity index (χ4n) is 5.33. The van der Waals surface area contributed by atoms with Crippen molar-refractivity contribution in [1.82, 2.24) is 15.5 Å². The van der Waals surface area contributed by atoms with Crippen molar-refractivity contribution in [3.8, 4) is 0 Å². The number of hydrogen-bond donors (Lipinski definition) is 2. The molecular formula is C25H34N4O2S2. The van der Waals surface area contributed by atoms with Crippen molar-refractivity contribution in [2.24, 2.45) is 17.8 Å². The van der Waals surface area contributed by atoms with E-state index in [-0.39, 0.29) is 17.9 Å². The molecule has 8 heteroatoms. The molecule has 0 aliphatic heterocycles. The van der Waals surface area contributed by atoms with E-state index < -0.39 is 0 Å². The second kappa shape index (κ2) is 11.5. The first-order chi connectivity index (χ1) is 16.0. The van der Waals surface area contributed by atoms with Crippen LogP contribution in [0.4, 0.5) is 5.13 Å². The SMILES string of the molecule is CCCCCc1nnc(NC(=O)c2ccccc2SCC(=O)NC(C)C2CC3CCC2C3)s1. The molecule has 0 radical (unpaired) electrons. The number of aryl methyl sites for hydroxylation is 1. The predicted molar refractivity (Wildman–Crippen MR) is 135 cm³/mol. The summed E-state index contributed by atoms with van der Waals surface area (Å²) in [6, 6.07) is 7.63. The third-order valence-corrected chi connectivity index (χ3v) is 8.97. The molecule has 0 saturated heterocycles. The van der Waals surface area contributed by atoms with E-state index in [2.05, 4.69) is 34.7 Å². The van der Waals surface area contributed by atoms with E-state index in [1.807, 2.05) is 18.2 Å². The maximum absolute atomic E-state index is 12.9. The largest absolute Gasteiger partial charge is 0.353 e. The summed E-state index contributed by atoms with van der Waals surface area (Å²) in [7, 11) is 0. The van der Waals surface area contributed by atoms with Gasteiger partial charge in [-0.1, -0.05) is 49.7 Å². The second-order valence-corrected chi connectivity index (χ2v) is 11.5. The van der Waals surface area contributed by atoms with Gasteiger partial charge in [0.15, 0.2) is 0 Å². The van der Waals surface area contributed by atoms with Crippen LogP contribution in [0.15, 0.2) is 29.2 Å². The van der Waals surface area contributed by atoms with Gasteiger partial charge in [0.05, 0.1) is 11.3 Å². The summed E-state index contributed by atoms with van der Waals surface area (Å²) in [5.41, 5.74) is 0.555. The summed E-state index contributed by atoms with van der Waals surface area (Å²) in [4.78, 5) is 26.3. The number of nitrogens with one attached hydrogen (secondary N) is 2. The number of rotatable bonds is 11. The van der Waals surface area contributed by atoms with Gasteiger partial charge in [-0.3, -0.25) is 14.9 Å². The summed E-state index contributed by atoms with van der Waals surface area (Å²) >= 11 is 2.84. The highest BCUT2D eigenvalue weighted by molar-refractivity contribution is 8.00. The highest BCUT2D eigenvalue weighted by atomic mass is 32.2. The maximum Gasteiger partial charge on any atom is 0.258 e. The Bertz CT molecular complexity index is 963. The lowest BCUT2D eigenvalue weighted by Crippen LogP contribution is -2.40. The Balaban J connectivity index is 1.29. The quantitative estimate of drug-likeness (QED) is 0.321. The number of anilines is 1. The van der Waals surface area contributed by atoms with Gasteiger partial charge in [0.2, 0.25) is 11.0 Å². The van der Waals surface area contributed by atoms with Crippen LogP contribution in [0.5, 0.6) is 0 Å². The molecule has 2 fully saturated rings. The van der Waals surface area contributed by atoms with Gasteiger partial charge in [-0.2, -0.15) is 0 Å². The normalized spacial score (nSPS) is 22.3. The van der Waals surface area contributed by atoms with Crippen molar-refractivity contribution in [2.45, 2.75) is 76.2 Å². The van der Waals surface area contributed by atoms with Gasteiger partial charge in [0.25, 0.3) is 5.91 Å². The molecule has 2 N–H and O–H groups in total. The number of benzene rings is 1. The van der Waals surface area contributed by atoms with E-state index in [9.17, 15) is 9.59 Å². The molecule has 2 amide bonds. The van der Waals surface area contributed by atoms with Crippen LogP contribution < -0.4 is 10.6 Å². The Kier molecular flexibility index (Phi) is 8.41. The van der Waals surface area contributed by atoms with Gasteiger partial charge in [-0.05, 0) is 62.5 Å². The standard InChI is InChI=1S/C25H34N4O2S2/c1-3-4-5-10-23-28-29-25(33-23)27-24(31)19-8-6-7-9-21(19)32-15-22(30)26-16(2)20-14-17-11-12-18(20)13-17/h6-9,16-18,20H,3-5,10-15H2,1-2H3,(H,26,30)(H,27,29,31). The third-order valence-electron chi connectivity index (χ3n) is 7.00. The lowest BCUT2D eigenvalue weighted by molar-refractivity contribution is -0.119. The van der Waals surface area contributed by atoms with Crippen molar-refractivity contribution >= 4 is 40.0 Å². The summed E-state index contributed by atoms with van der Waals surface area (Å²) in [5.74, 6) is 2.40. The van der Waals surface area contributed by atoms with E-state index in [0.29, 0.717) is 22.4 Å². The number of unbranched alkanes of at least 4 members (excludes halogenated alkanes) is 2. The average Bonchev–Trinajstić information content (AvgIpc) is 3.56. The highest BCUT2D eigenvalue weighted by Crippen LogP contribution is 2.49. The molecule has 6 nitrogen and oxygen atoms in total. The van der Waals surface area contributed by atoms with Crippen LogP contribution in [0.2, 0.25) is 0 Å². The lowest BCUT2D eigenvalue weighted by Gasteiger charge is -2.28. The van der Waals surface area contributed by atoms with Crippen molar-refractivity contribution in [2.75, 3.05) is 11.1 Å². The van der Waals surface area contributed by atoms with E-state index in [0.717, 1.165) is 41.0 Å². The Hall–Kier alpha value is -1.93. The first kappa shape index (κ1) is 24.2. The molecule has 33 heavy (non-hydrogen) atoms. The van der Waals surface area contributed by atoms with Gasteiger partial charge in [0.1, 0.15) is 5.01 Å². The molecule has 2 aromatic rings. The van der Waals surface area contributed by atoms with Crippen LogP contribution in [0.25, 0.3) is 0 Å². The molecule has 1 aromatic carbocycles. The molecular weight excluding hydrogens is 452 g/mol. The lowest BCUT2D eigenvalue weighted by atomic mass is 9.84. The Morgan fingerprint density at radius 3 is 2.79 bits per heavy atom. The van der Waals surface area contributed by atoms with Gasteiger partial charge >= 0.3 is 0 Å². The molecule has 1 aromatic heterocycles. The fourth-order valence-corrected chi connectivity index (χ4v) is 6.97.